The fourth-order valence-corrected chi connectivity index (χ4v) is 7.54. The zero-order valence-corrected chi connectivity index (χ0v) is 30.4. The van der Waals surface area contributed by atoms with Crippen LogP contribution in [0.25, 0.3) is 95.2 Å². The van der Waals surface area contributed by atoms with Gasteiger partial charge in [0.25, 0.3) is 0 Å². The standard InChI is InChI=1S/C50H34N6/c1-5-17-33(18-6-1)37-27-15-29-41-38(37)28-16-30-42(41)48-54-47(36-23-11-4-12-24-36)55-50(56-48)44-32-31-43(39-25-13-14-26-40(39)44)49-52-45(34-19-7-2-8-20-34)51-46(53-49)35-21-9-3-10-22-35/h1-11,13-23,25-32H,12,24H2. The van der Waals surface area contributed by atoms with Crippen molar-refractivity contribution < 1.29 is 0 Å². The average molecular weight is 719 g/mol. The summed E-state index contributed by atoms with van der Waals surface area (Å²) in [6.07, 6.45) is 8.20. The van der Waals surface area contributed by atoms with E-state index in [9.17, 15) is 0 Å². The van der Waals surface area contributed by atoms with Crippen LogP contribution in [0.3, 0.4) is 0 Å². The molecular formula is C50H34N6. The molecule has 0 bridgehead atoms. The lowest BCUT2D eigenvalue weighted by Crippen LogP contribution is -2.05. The molecule has 10 rings (SSSR count). The minimum absolute atomic E-state index is 0.599. The Labute approximate surface area is 324 Å². The molecule has 6 nitrogen and oxygen atoms in total. The first kappa shape index (κ1) is 33.2. The van der Waals surface area contributed by atoms with Crippen LogP contribution >= 0.6 is 0 Å². The fraction of sp³-hybridized carbons (Fsp3) is 0.0400. The molecule has 0 atom stereocenters. The van der Waals surface area contributed by atoms with Crippen LogP contribution in [-0.2, 0) is 0 Å². The molecule has 7 aromatic carbocycles. The lowest BCUT2D eigenvalue weighted by atomic mass is 9.95. The quantitative estimate of drug-likeness (QED) is 0.163. The number of aromatic nitrogens is 6. The van der Waals surface area contributed by atoms with E-state index >= 15 is 0 Å². The maximum atomic E-state index is 5.27. The van der Waals surface area contributed by atoms with Crippen molar-refractivity contribution >= 4 is 27.1 Å². The van der Waals surface area contributed by atoms with Gasteiger partial charge >= 0.3 is 0 Å². The van der Waals surface area contributed by atoms with Crippen LogP contribution in [-0.4, -0.2) is 29.9 Å². The Hall–Kier alpha value is -7.44. The summed E-state index contributed by atoms with van der Waals surface area (Å²) in [5.41, 5.74) is 8.06. The summed E-state index contributed by atoms with van der Waals surface area (Å²) in [5, 5.41) is 4.23. The first-order chi connectivity index (χ1) is 27.8. The van der Waals surface area contributed by atoms with E-state index in [0.717, 1.165) is 67.8 Å². The summed E-state index contributed by atoms with van der Waals surface area (Å²) in [4.78, 5) is 30.7. The van der Waals surface area contributed by atoms with Gasteiger partial charge in [-0.2, -0.15) is 0 Å². The van der Waals surface area contributed by atoms with Gasteiger partial charge in [-0.1, -0.05) is 170 Å². The highest BCUT2D eigenvalue weighted by molar-refractivity contribution is 6.05. The smallest absolute Gasteiger partial charge is 0.164 e. The molecule has 0 amide bonds. The van der Waals surface area contributed by atoms with Gasteiger partial charge in [-0.25, -0.2) is 29.9 Å². The lowest BCUT2D eigenvalue weighted by Gasteiger charge is -2.15. The highest BCUT2D eigenvalue weighted by Gasteiger charge is 2.20. The second kappa shape index (κ2) is 14.4. The van der Waals surface area contributed by atoms with Crippen LogP contribution < -0.4 is 0 Å². The first-order valence-corrected chi connectivity index (χ1v) is 18.9. The number of hydrogen-bond acceptors (Lipinski definition) is 6. The van der Waals surface area contributed by atoms with Gasteiger partial charge < -0.3 is 0 Å². The molecule has 264 valence electrons. The Morgan fingerprint density at radius 2 is 0.696 bits per heavy atom. The third kappa shape index (κ3) is 6.23. The van der Waals surface area contributed by atoms with Crippen molar-refractivity contribution in [2.75, 3.05) is 0 Å². The van der Waals surface area contributed by atoms with E-state index in [4.69, 9.17) is 29.9 Å². The van der Waals surface area contributed by atoms with Crippen molar-refractivity contribution in [3.63, 3.8) is 0 Å². The molecule has 0 saturated heterocycles. The zero-order chi connectivity index (χ0) is 37.3. The molecule has 0 spiro atoms. The summed E-state index contributed by atoms with van der Waals surface area (Å²) >= 11 is 0. The van der Waals surface area contributed by atoms with Gasteiger partial charge in [-0.3, -0.25) is 0 Å². The average Bonchev–Trinajstić information content (AvgIpc) is 3.29. The number of allylic oxidation sites excluding steroid dienone is 4. The Morgan fingerprint density at radius 3 is 1.21 bits per heavy atom. The number of nitrogens with zero attached hydrogens (tertiary/aromatic N) is 6. The molecule has 0 fully saturated rings. The van der Waals surface area contributed by atoms with Crippen LogP contribution in [0.2, 0.25) is 0 Å². The van der Waals surface area contributed by atoms with Crippen molar-refractivity contribution in [1.82, 2.24) is 29.9 Å². The Morgan fingerprint density at radius 1 is 0.304 bits per heavy atom. The Kier molecular flexibility index (Phi) is 8.54. The maximum absolute atomic E-state index is 5.27. The molecule has 0 saturated carbocycles. The summed E-state index contributed by atoms with van der Waals surface area (Å²) < 4.78 is 0. The molecule has 1 aliphatic rings. The molecule has 2 heterocycles. The summed E-state index contributed by atoms with van der Waals surface area (Å²) in [6.45, 7) is 0. The van der Waals surface area contributed by atoms with Crippen LogP contribution in [0.1, 0.15) is 18.7 Å². The van der Waals surface area contributed by atoms with Gasteiger partial charge in [0.1, 0.15) is 0 Å². The van der Waals surface area contributed by atoms with E-state index < -0.39 is 0 Å². The lowest BCUT2D eigenvalue weighted by molar-refractivity contribution is 0.979. The van der Waals surface area contributed by atoms with Gasteiger partial charge in [-0.05, 0) is 63.2 Å². The van der Waals surface area contributed by atoms with E-state index in [-0.39, 0.29) is 0 Å². The van der Waals surface area contributed by atoms with Gasteiger partial charge in [0.05, 0.1) is 0 Å². The van der Waals surface area contributed by atoms with Gasteiger partial charge in [-0.15, -0.1) is 0 Å². The predicted molar refractivity (Wildman–Crippen MR) is 227 cm³/mol. The topological polar surface area (TPSA) is 77.3 Å². The molecule has 56 heavy (non-hydrogen) atoms. The predicted octanol–water partition coefficient (Wildman–Crippen LogP) is 12.1. The highest BCUT2D eigenvalue weighted by Crippen LogP contribution is 2.38. The summed E-state index contributed by atoms with van der Waals surface area (Å²) in [5.74, 6) is 3.79. The number of benzene rings is 7. The number of fused-ring (bicyclic) bond motifs is 2. The minimum Gasteiger partial charge on any atom is -0.208 e. The largest absolute Gasteiger partial charge is 0.208 e. The molecule has 6 heteroatoms. The van der Waals surface area contributed by atoms with Gasteiger partial charge in [0.2, 0.25) is 0 Å². The Balaban J connectivity index is 1.16. The second-order valence-corrected chi connectivity index (χ2v) is 13.8. The molecule has 0 N–H and O–H groups in total. The van der Waals surface area contributed by atoms with Crippen LogP contribution in [0, 0.1) is 0 Å². The summed E-state index contributed by atoms with van der Waals surface area (Å²) in [6, 6.07) is 56.0. The van der Waals surface area contributed by atoms with Crippen LogP contribution in [0.15, 0.2) is 182 Å². The molecular weight excluding hydrogens is 685 g/mol. The zero-order valence-electron chi connectivity index (χ0n) is 30.4. The SMILES string of the molecule is C1=CCCC(c2nc(-c3cccc4c(-c5ccccc5)cccc34)nc(-c3ccc(-c4nc(-c5ccccc5)nc(-c5ccccc5)n4)c4ccccc34)n2)=C1. The maximum Gasteiger partial charge on any atom is 0.164 e. The second-order valence-electron chi connectivity index (χ2n) is 13.8. The third-order valence-corrected chi connectivity index (χ3v) is 10.3. The highest BCUT2D eigenvalue weighted by atomic mass is 15.0. The molecule has 0 radical (unpaired) electrons. The third-order valence-electron chi connectivity index (χ3n) is 10.3. The van der Waals surface area contributed by atoms with Crippen molar-refractivity contribution in [3.05, 3.63) is 188 Å². The minimum atomic E-state index is 0.599. The molecule has 0 aliphatic heterocycles. The monoisotopic (exact) mass is 718 g/mol. The van der Waals surface area contributed by atoms with E-state index in [1.54, 1.807) is 0 Å². The van der Waals surface area contributed by atoms with Crippen molar-refractivity contribution in [1.29, 1.82) is 0 Å². The summed E-state index contributed by atoms with van der Waals surface area (Å²) in [7, 11) is 0. The van der Waals surface area contributed by atoms with Crippen LogP contribution in [0.4, 0.5) is 0 Å². The van der Waals surface area contributed by atoms with Crippen molar-refractivity contribution in [2.45, 2.75) is 12.8 Å². The molecule has 0 unspecified atom stereocenters. The first-order valence-electron chi connectivity index (χ1n) is 18.9. The van der Waals surface area contributed by atoms with Gasteiger partial charge in [0.15, 0.2) is 34.9 Å². The Bertz CT molecular complexity index is 2900. The number of hydrogen-bond donors (Lipinski definition) is 0. The van der Waals surface area contributed by atoms with E-state index in [0.29, 0.717) is 34.9 Å². The van der Waals surface area contributed by atoms with E-state index in [1.807, 2.05) is 66.7 Å². The normalized spacial score (nSPS) is 12.5. The molecule has 1 aliphatic carbocycles. The van der Waals surface area contributed by atoms with Crippen LogP contribution in [0.5, 0.6) is 0 Å². The van der Waals surface area contributed by atoms with Crippen molar-refractivity contribution in [2.24, 2.45) is 0 Å². The van der Waals surface area contributed by atoms with E-state index in [1.165, 1.54) is 11.1 Å². The molecule has 9 aromatic rings. The van der Waals surface area contributed by atoms with Crippen molar-refractivity contribution in [3.8, 4) is 68.1 Å². The number of rotatable bonds is 7. The van der Waals surface area contributed by atoms with E-state index in [2.05, 4.69) is 115 Å². The van der Waals surface area contributed by atoms with Gasteiger partial charge in [0, 0.05) is 27.8 Å². The fourth-order valence-electron chi connectivity index (χ4n) is 7.54. The molecule has 2 aromatic heterocycles.